The third-order valence-corrected chi connectivity index (χ3v) is 2.46. The van der Waals surface area contributed by atoms with Crippen molar-refractivity contribution < 1.29 is 0 Å². The third kappa shape index (κ3) is 3.89. The molecule has 12 heavy (non-hydrogen) atoms. The molecule has 1 aliphatic rings. The van der Waals surface area contributed by atoms with E-state index in [1.165, 1.54) is 25.7 Å². The van der Waals surface area contributed by atoms with Crippen molar-refractivity contribution in [2.24, 2.45) is 16.3 Å². The van der Waals surface area contributed by atoms with Gasteiger partial charge in [-0.1, -0.05) is 27.2 Å². The molecule has 0 saturated heterocycles. The molecule has 1 fully saturated rings. The Labute approximate surface area is 76.3 Å². The fourth-order valence-corrected chi connectivity index (χ4v) is 1.21. The van der Waals surface area contributed by atoms with E-state index in [-0.39, 0.29) is 0 Å². The van der Waals surface area contributed by atoms with Crippen molar-refractivity contribution in [1.82, 2.24) is 0 Å². The number of rotatable bonds is 3. The maximum atomic E-state index is 4.45. The van der Waals surface area contributed by atoms with Crippen molar-refractivity contribution in [2.75, 3.05) is 6.54 Å². The van der Waals surface area contributed by atoms with Gasteiger partial charge in [0.05, 0.1) is 0 Å². The molecule has 0 amide bonds. The van der Waals surface area contributed by atoms with Crippen LogP contribution in [0.1, 0.15) is 46.5 Å². The first-order valence-corrected chi connectivity index (χ1v) is 5.08. The Morgan fingerprint density at radius 2 is 2.00 bits per heavy atom. The average molecular weight is 167 g/mol. The van der Waals surface area contributed by atoms with Crippen molar-refractivity contribution >= 4 is 6.21 Å². The van der Waals surface area contributed by atoms with E-state index in [9.17, 15) is 0 Å². The number of nitrogens with zero attached hydrogens (tertiary/aromatic N) is 1. The standard InChI is InChI=1S/C11H21N/c1-11(2,3)7-8-12-9-10-5-4-6-10/h9-10H,4-8H2,1-3H3/b12-9+. The van der Waals surface area contributed by atoms with Gasteiger partial charge >= 0.3 is 0 Å². The van der Waals surface area contributed by atoms with E-state index < -0.39 is 0 Å². The topological polar surface area (TPSA) is 12.4 Å². The van der Waals surface area contributed by atoms with Gasteiger partial charge in [-0.05, 0) is 30.6 Å². The second-order valence-electron chi connectivity index (χ2n) is 5.06. The Hall–Kier alpha value is -0.330. The van der Waals surface area contributed by atoms with Gasteiger partial charge < -0.3 is 0 Å². The Morgan fingerprint density at radius 3 is 2.42 bits per heavy atom. The first kappa shape index (κ1) is 9.76. The van der Waals surface area contributed by atoms with Gasteiger partial charge in [0.1, 0.15) is 0 Å². The summed E-state index contributed by atoms with van der Waals surface area (Å²) in [7, 11) is 0. The average Bonchev–Trinajstić information content (AvgIpc) is 1.80. The summed E-state index contributed by atoms with van der Waals surface area (Å²) in [6, 6.07) is 0. The zero-order chi connectivity index (χ0) is 9.03. The van der Waals surface area contributed by atoms with Gasteiger partial charge in [-0.2, -0.15) is 0 Å². The van der Waals surface area contributed by atoms with Crippen molar-refractivity contribution in [3.8, 4) is 0 Å². The van der Waals surface area contributed by atoms with Crippen LogP contribution in [0.3, 0.4) is 0 Å². The molecule has 0 atom stereocenters. The molecule has 1 nitrogen and oxygen atoms in total. The summed E-state index contributed by atoms with van der Waals surface area (Å²) in [5.41, 5.74) is 0.441. The third-order valence-electron chi connectivity index (χ3n) is 2.46. The fourth-order valence-electron chi connectivity index (χ4n) is 1.21. The van der Waals surface area contributed by atoms with Crippen LogP contribution >= 0.6 is 0 Å². The first-order valence-electron chi connectivity index (χ1n) is 5.08. The molecule has 0 N–H and O–H groups in total. The summed E-state index contributed by atoms with van der Waals surface area (Å²) in [5, 5.41) is 0. The Balaban J connectivity index is 2.04. The van der Waals surface area contributed by atoms with Gasteiger partial charge in [0.25, 0.3) is 0 Å². The lowest BCUT2D eigenvalue weighted by Crippen LogP contribution is -2.13. The molecule has 0 radical (unpaired) electrons. The van der Waals surface area contributed by atoms with Crippen molar-refractivity contribution in [2.45, 2.75) is 46.5 Å². The van der Waals surface area contributed by atoms with E-state index in [1.54, 1.807) is 0 Å². The van der Waals surface area contributed by atoms with Crippen LogP contribution in [0, 0.1) is 11.3 Å². The van der Waals surface area contributed by atoms with Crippen LogP contribution < -0.4 is 0 Å². The minimum Gasteiger partial charge on any atom is -0.297 e. The second kappa shape index (κ2) is 4.06. The minimum atomic E-state index is 0.441. The highest BCUT2D eigenvalue weighted by molar-refractivity contribution is 5.61. The molecule has 0 aromatic heterocycles. The summed E-state index contributed by atoms with van der Waals surface area (Å²) in [4.78, 5) is 4.45. The van der Waals surface area contributed by atoms with Crippen LogP contribution in [0.5, 0.6) is 0 Å². The first-order chi connectivity index (χ1) is 5.58. The van der Waals surface area contributed by atoms with E-state index in [4.69, 9.17) is 0 Å². The lowest BCUT2D eigenvalue weighted by molar-refractivity contribution is 0.383. The zero-order valence-electron chi connectivity index (χ0n) is 8.64. The molecule has 1 aliphatic carbocycles. The SMILES string of the molecule is CC(C)(C)CC/N=C/C1CCC1. The van der Waals surface area contributed by atoms with Gasteiger partial charge in [-0.15, -0.1) is 0 Å². The molecule has 70 valence electrons. The van der Waals surface area contributed by atoms with Crippen LogP contribution in [-0.2, 0) is 0 Å². The largest absolute Gasteiger partial charge is 0.297 e. The molecule has 0 unspecified atom stereocenters. The second-order valence-corrected chi connectivity index (χ2v) is 5.06. The van der Waals surface area contributed by atoms with E-state index in [2.05, 4.69) is 32.0 Å². The monoisotopic (exact) mass is 167 g/mol. The van der Waals surface area contributed by atoms with Gasteiger partial charge in [-0.25, -0.2) is 0 Å². The van der Waals surface area contributed by atoms with Gasteiger partial charge in [-0.3, -0.25) is 4.99 Å². The molecule has 1 heteroatoms. The van der Waals surface area contributed by atoms with Gasteiger partial charge in [0.2, 0.25) is 0 Å². The number of aliphatic imine (C=N–C) groups is 1. The molecule has 0 aliphatic heterocycles. The molecular weight excluding hydrogens is 146 g/mol. The fraction of sp³-hybridized carbons (Fsp3) is 0.909. The molecular formula is C11H21N. The van der Waals surface area contributed by atoms with Crippen LogP contribution in [0.25, 0.3) is 0 Å². The van der Waals surface area contributed by atoms with E-state index in [1.807, 2.05) is 0 Å². The molecule has 1 rings (SSSR count). The van der Waals surface area contributed by atoms with Crippen LogP contribution in [0.15, 0.2) is 4.99 Å². The Morgan fingerprint density at radius 1 is 1.33 bits per heavy atom. The summed E-state index contributed by atoms with van der Waals surface area (Å²) < 4.78 is 0. The summed E-state index contributed by atoms with van der Waals surface area (Å²) in [6.07, 6.45) is 7.54. The zero-order valence-corrected chi connectivity index (χ0v) is 8.64. The maximum Gasteiger partial charge on any atom is 0.0390 e. The Kier molecular flexibility index (Phi) is 3.30. The predicted octanol–water partition coefficient (Wildman–Crippen LogP) is 3.29. The molecule has 0 bridgehead atoms. The highest BCUT2D eigenvalue weighted by Gasteiger charge is 2.14. The van der Waals surface area contributed by atoms with E-state index in [0.717, 1.165) is 12.5 Å². The van der Waals surface area contributed by atoms with Gasteiger partial charge in [0, 0.05) is 12.8 Å². The molecule has 0 spiro atoms. The number of hydrogen-bond donors (Lipinski definition) is 0. The van der Waals surface area contributed by atoms with E-state index in [0.29, 0.717) is 5.41 Å². The maximum absolute atomic E-state index is 4.45. The highest BCUT2D eigenvalue weighted by Crippen LogP contribution is 2.24. The minimum absolute atomic E-state index is 0.441. The number of hydrogen-bond acceptors (Lipinski definition) is 1. The van der Waals surface area contributed by atoms with Crippen LogP contribution in [0.4, 0.5) is 0 Å². The lowest BCUT2D eigenvalue weighted by atomic mass is 9.86. The van der Waals surface area contributed by atoms with Crippen LogP contribution in [-0.4, -0.2) is 12.8 Å². The van der Waals surface area contributed by atoms with Crippen molar-refractivity contribution in [1.29, 1.82) is 0 Å². The molecule has 0 aromatic rings. The summed E-state index contributed by atoms with van der Waals surface area (Å²) in [5.74, 6) is 0.824. The van der Waals surface area contributed by atoms with Gasteiger partial charge in [0.15, 0.2) is 0 Å². The molecule has 0 heterocycles. The van der Waals surface area contributed by atoms with Crippen molar-refractivity contribution in [3.63, 3.8) is 0 Å². The quantitative estimate of drug-likeness (QED) is 0.572. The summed E-state index contributed by atoms with van der Waals surface area (Å²) >= 11 is 0. The normalized spacial score (nSPS) is 19.9. The predicted molar refractivity (Wildman–Crippen MR) is 54.8 cm³/mol. The highest BCUT2D eigenvalue weighted by atomic mass is 14.7. The van der Waals surface area contributed by atoms with Crippen LogP contribution in [0.2, 0.25) is 0 Å². The Bertz CT molecular complexity index is 149. The smallest absolute Gasteiger partial charge is 0.0390 e. The van der Waals surface area contributed by atoms with E-state index >= 15 is 0 Å². The molecule has 0 aromatic carbocycles. The lowest BCUT2D eigenvalue weighted by Gasteiger charge is -2.21. The summed E-state index contributed by atoms with van der Waals surface area (Å²) in [6.45, 7) is 7.82. The van der Waals surface area contributed by atoms with Crippen molar-refractivity contribution in [3.05, 3.63) is 0 Å². The molecule has 1 saturated carbocycles.